The molecule has 0 saturated carbocycles. The van der Waals surface area contributed by atoms with Gasteiger partial charge in [0.25, 0.3) is 5.91 Å². The van der Waals surface area contributed by atoms with Crippen molar-refractivity contribution < 1.29 is 38.1 Å². The first-order valence-electron chi connectivity index (χ1n) is 11.9. The Kier molecular flexibility index (Phi) is 6.74. The van der Waals surface area contributed by atoms with Crippen LogP contribution in [0.5, 0.6) is 23.0 Å². The normalized spacial score (nSPS) is 18.2. The quantitative estimate of drug-likeness (QED) is 0.439. The number of ether oxygens (including phenoxy) is 5. The summed E-state index contributed by atoms with van der Waals surface area (Å²) in [6.07, 6.45) is 1.56. The summed E-state index contributed by atoms with van der Waals surface area (Å²) < 4.78 is 27.4. The molecule has 5 rings (SSSR count). The zero-order chi connectivity index (χ0) is 24.2. The van der Waals surface area contributed by atoms with Crippen molar-refractivity contribution in [2.24, 2.45) is 0 Å². The Morgan fingerprint density at radius 3 is 2.23 bits per heavy atom. The molecule has 1 amide bonds. The fraction of sp³-hybridized carbons (Fsp3) is 0.423. The van der Waals surface area contributed by atoms with Gasteiger partial charge >= 0.3 is 5.97 Å². The highest BCUT2D eigenvalue weighted by Gasteiger charge is 2.31. The van der Waals surface area contributed by atoms with Crippen molar-refractivity contribution >= 4 is 17.7 Å². The minimum absolute atomic E-state index is 0.0177. The van der Waals surface area contributed by atoms with Gasteiger partial charge in [0.05, 0.1) is 12.5 Å². The second-order valence-corrected chi connectivity index (χ2v) is 8.59. The molecular formula is C26H27NO8. The standard InChI is InChI=1S/C26H27NO8/c28-20(18-4-7-22-24(15-18)34-13-11-32-22)5-8-26(30)35-16-25(29)27-9-1-2-19(27)17-3-6-21-23(14-17)33-12-10-31-21/h3-4,6-7,14-15,19H,1-2,5,8-13,16H2. The third-order valence-corrected chi connectivity index (χ3v) is 6.30. The number of carbonyl (C=O) groups excluding carboxylic acids is 3. The minimum atomic E-state index is -0.584. The molecule has 184 valence electrons. The van der Waals surface area contributed by atoms with Crippen molar-refractivity contribution in [3.8, 4) is 23.0 Å². The first-order chi connectivity index (χ1) is 17.1. The van der Waals surface area contributed by atoms with Gasteiger partial charge < -0.3 is 28.6 Å². The van der Waals surface area contributed by atoms with Crippen molar-refractivity contribution in [1.82, 2.24) is 4.90 Å². The number of esters is 1. The van der Waals surface area contributed by atoms with Crippen LogP contribution < -0.4 is 18.9 Å². The third kappa shape index (κ3) is 5.18. The topological polar surface area (TPSA) is 101 Å². The molecule has 3 aliphatic rings. The fourth-order valence-electron chi connectivity index (χ4n) is 4.55. The molecular weight excluding hydrogens is 454 g/mol. The van der Waals surface area contributed by atoms with E-state index in [4.69, 9.17) is 23.7 Å². The monoisotopic (exact) mass is 481 g/mol. The van der Waals surface area contributed by atoms with E-state index in [9.17, 15) is 14.4 Å². The predicted octanol–water partition coefficient (Wildman–Crippen LogP) is 3.10. The van der Waals surface area contributed by atoms with Crippen molar-refractivity contribution in [1.29, 1.82) is 0 Å². The molecule has 0 spiro atoms. The zero-order valence-corrected chi connectivity index (χ0v) is 19.3. The molecule has 1 saturated heterocycles. The van der Waals surface area contributed by atoms with Gasteiger partial charge in [-0.05, 0) is 48.7 Å². The summed E-state index contributed by atoms with van der Waals surface area (Å²) in [6.45, 7) is 2.17. The maximum Gasteiger partial charge on any atom is 0.306 e. The van der Waals surface area contributed by atoms with Crippen LogP contribution in [0, 0.1) is 0 Å². The molecule has 1 atom stereocenters. The smallest absolute Gasteiger partial charge is 0.306 e. The van der Waals surface area contributed by atoms with Crippen LogP contribution in [-0.4, -0.2) is 62.1 Å². The summed E-state index contributed by atoms with van der Waals surface area (Å²) in [6, 6.07) is 10.6. The summed E-state index contributed by atoms with van der Waals surface area (Å²) >= 11 is 0. The largest absolute Gasteiger partial charge is 0.486 e. The number of hydrogen-bond acceptors (Lipinski definition) is 8. The van der Waals surface area contributed by atoms with E-state index in [0.29, 0.717) is 61.5 Å². The Morgan fingerprint density at radius 2 is 1.49 bits per heavy atom. The molecule has 9 nitrogen and oxygen atoms in total. The molecule has 2 aromatic rings. The molecule has 0 bridgehead atoms. The Bertz CT molecular complexity index is 1130. The average Bonchev–Trinajstić information content (AvgIpc) is 3.40. The lowest BCUT2D eigenvalue weighted by Gasteiger charge is -2.26. The number of hydrogen-bond donors (Lipinski definition) is 0. The Labute approximate surface area is 202 Å². The Hall–Kier alpha value is -3.75. The highest BCUT2D eigenvalue weighted by atomic mass is 16.6. The lowest BCUT2D eigenvalue weighted by Crippen LogP contribution is -2.34. The SMILES string of the molecule is O=C(CCC(=O)c1ccc2c(c1)OCCO2)OCC(=O)N1CCCC1c1ccc2c(c1)OCCO2. The predicted molar refractivity (Wildman–Crippen MR) is 123 cm³/mol. The van der Waals surface area contributed by atoms with Gasteiger partial charge in [0.2, 0.25) is 0 Å². The molecule has 1 fully saturated rings. The highest BCUT2D eigenvalue weighted by Crippen LogP contribution is 2.38. The van der Waals surface area contributed by atoms with Gasteiger partial charge in [-0.15, -0.1) is 0 Å². The molecule has 0 aromatic heterocycles. The van der Waals surface area contributed by atoms with Crippen LogP contribution in [0.25, 0.3) is 0 Å². The van der Waals surface area contributed by atoms with Crippen LogP contribution in [0.1, 0.15) is 47.6 Å². The van der Waals surface area contributed by atoms with Crippen molar-refractivity contribution in [2.45, 2.75) is 31.7 Å². The summed E-state index contributed by atoms with van der Waals surface area (Å²) in [5.74, 6) is 1.46. The Morgan fingerprint density at radius 1 is 0.829 bits per heavy atom. The van der Waals surface area contributed by atoms with Gasteiger partial charge in [-0.25, -0.2) is 0 Å². The van der Waals surface area contributed by atoms with E-state index in [1.807, 2.05) is 18.2 Å². The molecule has 0 radical (unpaired) electrons. The van der Waals surface area contributed by atoms with E-state index in [-0.39, 0.29) is 37.2 Å². The maximum atomic E-state index is 12.8. The highest BCUT2D eigenvalue weighted by molar-refractivity contribution is 5.98. The lowest BCUT2D eigenvalue weighted by atomic mass is 10.0. The summed E-state index contributed by atoms with van der Waals surface area (Å²) in [5, 5.41) is 0. The van der Waals surface area contributed by atoms with E-state index >= 15 is 0 Å². The molecule has 3 heterocycles. The van der Waals surface area contributed by atoms with Crippen LogP contribution in [0.15, 0.2) is 36.4 Å². The van der Waals surface area contributed by atoms with Gasteiger partial charge in [0.1, 0.15) is 26.4 Å². The van der Waals surface area contributed by atoms with E-state index in [1.54, 1.807) is 23.1 Å². The van der Waals surface area contributed by atoms with Gasteiger partial charge in [-0.3, -0.25) is 14.4 Å². The number of carbonyl (C=O) groups is 3. The molecule has 9 heteroatoms. The second kappa shape index (κ2) is 10.2. The molecule has 0 N–H and O–H groups in total. The van der Waals surface area contributed by atoms with Gasteiger partial charge in [0.15, 0.2) is 35.4 Å². The first-order valence-corrected chi connectivity index (χ1v) is 11.9. The molecule has 35 heavy (non-hydrogen) atoms. The maximum absolute atomic E-state index is 12.8. The van der Waals surface area contributed by atoms with Crippen LogP contribution in [0.3, 0.4) is 0 Å². The van der Waals surface area contributed by atoms with Gasteiger partial charge in [-0.1, -0.05) is 6.07 Å². The number of ketones is 1. The van der Waals surface area contributed by atoms with Gasteiger partial charge in [0, 0.05) is 18.5 Å². The molecule has 2 aromatic carbocycles. The van der Waals surface area contributed by atoms with Crippen LogP contribution in [0.2, 0.25) is 0 Å². The number of benzene rings is 2. The number of likely N-dealkylation sites (tertiary alicyclic amines) is 1. The summed E-state index contributed by atoms with van der Waals surface area (Å²) in [5.41, 5.74) is 1.41. The van der Waals surface area contributed by atoms with E-state index in [2.05, 4.69) is 0 Å². The zero-order valence-electron chi connectivity index (χ0n) is 19.3. The van der Waals surface area contributed by atoms with Crippen LogP contribution in [0.4, 0.5) is 0 Å². The first kappa shape index (κ1) is 23.0. The molecule has 0 aliphatic carbocycles. The van der Waals surface area contributed by atoms with Crippen molar-refractivity contribution in [2.75, 3.05) is 39.6 Å². The number of amides is 1. The second-order valence-electron chi connectivity index (χ2n) is 8.59. The van der Waals surface area contributed by atoms with Crippen molar-refractivity contribution in [3.63, 3.8) is 0 Å². The molecule has 1 unspecified atom stereocenters. The van der Waals surface area contributed by atoms with Gasteiger partial charge in [-0.2, -0.15) is 0 Å². The lowest BCUT2D eigenvalue weighted by molar-refractivity contribution is -0.152. The summed E-state index contributed by atoms with van der Waals surface area (Å²) in [7, 11) is 0. The van der Waals surface area contributed by atoms with E-state index < -0.39 is 5.97 Å². The average molecular weight is 482 g/mol. The third-order valence-electron chi connectivity index (χ3n) is 6.30. The number of fused-ring (bicyclic) bond motifs is 2. The van der Waals surface area contributed by atoms with Crippen molar-refractivity contribution in [3.05, 3.63) is 47.5 Å². The van der Waals surface area contributed by atoms with Crippen LogP contribution >= 0.6 is 0 Å². The fourth-order valence-corrected chi connectivity index (χ4v) is 4.55. The van der Waals surface area contributed by atoms with E-state index in [1.165, 1.54) is 0 Å². The number of Topliss-reactive ketones (excluding diaryl/α,β-unsaturated/α-hetero) is 1. The Balaban J connectivity index is 1.11. The van der Waals surface area contributed by atoms with E-state index in [0.717, 1.165) is 18.4 Å². The van der Waals surface area contributed by atoms with Crippen LogP contribution in [-0.2, 0) is 14.3 Å². The number of rotatable bonds is 7. The number of nitrogens with zero attached hydrogens (tertiary/aromatic N) is 1. The minimum Gasteiger partial charge on any atom is -0.486 e. The molecule has 3 aliphatic heterocycles. The summed E-state index contributed by atoms with van der Waals surface area (Å²) in [4.78, 5) is 39.3.